The summed E-state index contributed by atoms with van der Waals surface area (Å²) in [5, 5.41) is 2.66. The quantitative estimate of drug-likeness (QED) is 0.713. The molecule has 2 amide bonds. The van der Waals surface area contributed by atoms with Gasteiger partial charge in [0.2, 0.25) is 5.91 Å². The summed E-state index contributed by atoms with van der Waals surface area (Å²) in [5.41, 5.74) is 0. The van der Waals surface area contributed by atoms with Crippen LogP contribution in [0, 0.1) is 9.62 Å². The van der Waals surface area contributed by atoms with Gasteiger partial charge in [0.15, 0.2) is 0 Å². The zero-order valence-electron chi connectivity index (χ0n) is 13.8. The molecule has 1 aromatic rings. The standard InChI is InChI=1S/C15H23IN4O3/c1-8(2)12(19-15(22)23-4)14(21)20-9(3)5-6-10(20)13-17-7-11(16)18-13/h7-10,12H,5-6H2,1-4H3,(H,17,18)(H,19,22)/t9-,10+,12+/m1/s1. The molecule has 1 fully saturated rings. The number of alkyl carbamates (subject to hydrolysis) is 1. The van der Waals surface area contributed by atoms with Gasteiger partial charge in [-0.1, -0.05) is 13.8 Å². The first-order valence-corrected chi connectivity index (χ1v) is 8.80. The summed E-state index contributed by atoms with van der Waals surface area (Å²) in [6, 6.07) is -0.586. The fourth-order valence-corrected chi connectivity index (χ4v) is 3.38. The average Bonchev–Trinajstić information content (AvgIpc) is 3.09. The predicted molar refractivity (Wildman–Crippen MR) is 93.8 cm³/mol. The van der Waals surface area contributed by atoms with Gasteiger partial charge in [-0.3, -0.25) is 4.79 Å². The zero-order valence-corrected chi connectivity index (χ0v) is 16.0. The lowest BCUT2D eigenvalue weighted by Crippen LogP contribution is -2.52. The second-order valence-electron chi connectivity index (χ2n) is 6.15. The molecule has 0 bridgehead atoms. The Hall–Kier alpha value is -1.32. The first kappa shape index (κ1) is 18.0. The van der Waals surface area contributed by atoms with E-state index in [2.05, 4.69) is 42.6 Å². The van der Waals surface area contributed by atoms with Crippen molar-refractivity contribution in [2.24, 2.45) is 5.92 Å². The fraction of sp³-hybridized carbons (Fsp3) is 0.667. The van der Waals surface area contributed by atoms with Crippen molar-refractivity contribution in [3.8, 4) is 0 Å². The smallest absolute Gasteiger partial charge is 0.407 e. The molecule has 3 atom stereocenters. The molecule has 128 valence electrons. The van der Waals surface area contributed by atoms with Crippen LogP contribution < -0.4 is 5.32 Å². The van der Waals surface area contributed by atoms with Crippen molar-refractivity contribution < 1.29 is 14.3 Å². The van der Waals surface area contributed by atoms with Gasteiger partial charge in [-0.2, -0.15) is 0 Å². The third-order valence-electron chi connectivity index (χ3n) is 4.20. The number of nitrogens with zero attached hydrogens (tertiary/aromatic N) is 2. The minimum absolute atomic E-state index is 0.0354. The Morgan fingerprint density at radius 1 is 1.48 bits per heavy atom. The number of aromatic nitrogens is 2. The highest BCUT2D eigenvalue weighted by Gasteiger charge is 2.41. The van der Waals surface area contributed by atoms with Gasteiger partial charge < -0.3 is 19.9 Å². The van der Waals surface area contributed by atoms with Crippen molar-refractivity contribution in [1.82, 2.24) is 20.2 Å². The van der Waals surface area contributed by atoms with Crippen molar-refractivity contribution in [2.45, 2.75) is 51.7 Å². The van der Waals surface area contributed by atoms with Crippen LogP contribution >= 0.6 is 22.6 Å². The number of likely N-dealkylation sites (tertiary alicyclic amines) is 1. The second-order valence-corrected chi connectivity index (χ2v) is 7.26. The van der Waals surface area contributed by atoms with Crippen molar-refractivity contribution in [3.05, 3.63) is 15.7 Å². The van der Waals surface area contributed by atoms with Gasteiger partial charge in [-0.15, -0.1) is 0 Å². The van der Waals surface area contributed by atoms with Crippen molar-refractivity contribution in [3.63, 3.8) is 0 Å². The summed E-state index contributed by atoms with van der Waals surface area (Å²) < 4.78 is 5.52. The van der Waals surface area contributed by atoms with Gasteiger partial charge in [0, 0.05) is 12.2 Å². The first-order valence-electron chi connectivity index (χ1n) is 7.72. The summed E-state index contributed by atoms with van der Waals surface area (Å²) in [7, 11) is 1.29. The Bertz CT molecular complexity index is 575. The van der Waals surface area contributed by atoms with Crippen LogP contribution in [0.5, 0.6) is 0 Å². The molecular formula is C15H23IN4O3. The molecule has 8 heteroatoms. The molecular weight excluding hydrogens is 411 g/mol. The molecule has 0 spiro atoms. The van der Waals surface area contributed by atoms with E-state index < -0.39 is 12.1 Å². The van der Waals surface area contributed by atoms with Crippen LogP contribution in [0.3, 0.4) is 0 Å². The number of carbonyl (C=O) groups excluding carboxylic acids is 2. The number of ether oxygens (including phenoxy) is 1. The second kappa shape index (κ2) is 7.50. The molecule has 2 rings (SSSR count). The van der Waals surface area contributed by atoms with Crippen molar-refractivity contribution in [2.75, 3.05) is 7.11 Å². The number of carbonyl (C=O) groups is 2. The summed E-state index contributed by atoms with van der Waals surface area (Å²) in [6.45, 7) is 5.84. The molecule has 0 unspecified atom stereocenters. The van der Waals surface area contributed by atoms with E-state index in [9.17, 15) is 9.59 Å². The number of hydrogen-bond donors (Lipinski definition) is 2. The van der Waals surface area contributed by atoms with Crippen molar-refractivity contribution in [1.29, 1.82) is 0 Å². The third kappa shape index (κ3) is 3.96. The highest BCUT2D eigenvalue weighted by atomic mass is 127. The van der Waals surface area contributed by atoms with Crippen LogP contribution in [0.2, 0.25) is 0 Å². The Labute approximate surface area is 149 Å². The molecule has 0 saturated carbocycles. The molecule has 1 aliphatic heterocycles. The third-order valence-corrected chi connectivity index (χ3v) is 4.75. The van der Waals surface area contributed by atoms with E-state index in [1.165, 1.54) is 7.11 Å². The Morgan fingerprint density at radius 3 is 2.70 bits per heavy atom. The fourth-order valence-electron chi connectivity index (χ4n) is 2.97. The molecule has 0 radical (unpaired) electrons. The van der Waals surface area contributed by atoms with E-state index in [1.807, 2.05) is 31.9 Å². The van der Waals surface area contributed by atoms with Gasteiger partial charge in [0.05, 0.1) is 13.2 Å². The Morgan fingerprint density at radius 2 is 2.17 bits per heavy atom. The normalized spacial score (nSPS) is 22.3. The van der Waals surface area contributed by atoms with Crippen LogP contribution in [-0.2, 0) is 9.53 Å². The van der Waals surface area contributed by atoms with Crippen molar-refractivity contribution >= 4 is 34.6 Å². The number of nitrogens with one attached hydrogen (secondary N) is 2. The van der Waals surface area contributed by atoms with Gasteiger partial charge in [0.25, 0.3) is 0 Å². The maximum absolute atomic E-state index is 13.1. The lowest BCUT2D eigenvalue weighted by molar-refractivity contribution is -0.137. The Balaban J connectivity index is 2.24. The highest BCUT2D eigenvalue weighted by molar-refractivity contribution is 14.1. The van der Waals surface area contributed by atoms with E-state index in [0.717, 1.165) is 22.4 Å². The molecule has 1 aliphatic rings. The minimum atomic E-state index is -0.612. The molecule has 7 nitrogen and oxygen atoms in total. The number of imidazole rings is 1. The van der Waals surface area contributed by atoms with Gasteiger partial charge in [-0.05, 0) is 48.3 Å². The number of rotatable bonds is 4. The SMILES string of the molecule is COC(=O)N[C@H](C(=O)N1[C@H](C)CC[C@H]1c1nc(I)c[nH]1)C(C)C. The van der Waals surface area contributed by atoms with Gasteiger partial charge in [-0.25, -0.2) is 9.78 Å². The van der Waals surface area contributed by atoms with Crippen LogP contribution in [0.15, 0.2) is 6.20 Å². The zero-order chi connectivity index (χ0) is 17.1. The Kier molecular flexibility index (Phi) is 5.88. The maximum Gasteiger partial charge on any atom is 0.407 e. The van der Waals surface area contributed by atoms with E-state index in [1.54, 1.807) is 0 Å². The molecule has 2 N–H and O–H groups in total. The molecule has 1 saturated heterocycles. The minimum Gasteiger partial charge on any atom is -0.453 e. The molecule has 2 heterocycles. The molecule has 0 aromatic carbocycles. The van der Waals surface area contributed by atoms with E-state index in [4.69, 9.17) is 0 Å². The summed E-state index contributed by atoms with van der Waals surface area (Å²) in [6.07, 6.45) is 3.01. The number of aromatic amines is 1. The topological polar surface area (TPSA) is 87.3 Å². The van der Waals surface area contributed by atoms with E-state index in [0.29, 0.717) is 0 Å². The number of amides is 2. The number of halogens is 1. The van der Waals surface area contributed by atoms with Gasteiger partial charge >= 0.3 is 6.09 Å². The molecule has 23 heavy (non-hydrogen) atoms. The predicted octanol–water partition coefficient (Wildman–Crippen LogP) is 2.45. The average molecular weight is 434 g/mol. The largest absolute Gasteiger partial charge is 0.453 e. The van der Waals surface area contributed by atoms with Crippen LogP contribution in [0.25, 0.3) is 0 Å². The lowest BCUT2D eigenvalue weighted by Gasteiger charge is -2.32. The maximum atomic E-state index is 13.1. The molecule has 0 aliphatic carbocycles. The van der Waals surface area contributed by atoms with E-state index >= 15 is 0 Å². The summed E-state index contributed by atoms with van der Waals surface area (Å²) >= 11 is 2.14. The van der Waals surface area contributed by atoms with Crippen LogP contribution in [-0.4, -0.2) is 46.1 Å². The number of H-pyrrole nitrogens is 1. The van der Waals surface area contributed by atoms with Gasteiger partial charge in [0.1, 0.15) is 15.6 Å². The number of hydrogen-bond acceptors (Lipinski definition) is 4. The summed E-state index contributed by atoms with van der Waals surface area (Å²) in [4.78, 5) is 34.1. The monoisotopic (exact) mass is 434 g/mol. The highest BCUT2D eigenvalue weighted by Crippen LogP contribution is 2.35. The molecule has 1 aromatic heterocycles. The van der Waals surface area contributed by atoms with Crippen LogP contribution in [0.4, 0.5) is 4.79 Å². The summed E-state index contributed by atoms with van der Waals surface area (Å²) in [5.74, 6) is 0.672. The first-order chi connectivity index (χ1) is 10.8. The lowest BCUT2D eigenvalue weighted by atomic mass is 10.0. The van der Waals surface area contributed by atoms with Crippen LogP contribution in [0.1, 0.15) is 45.5 Å². The van der Waals surface area contributed by atoms with E-state index in [-0.39, 0.29) is 23.9 Å². The number of methoxy groups -OCH3 is 1.